The largest absolute Gasteiger partial charge is 0.481 e. The smallest absolute Gasteiger partial charge is 0.279 e. The molecule has 2 aromatic carbocycles. The average Bonchev–Trinajstić information content (AvgIpc) is 2.64. The lowest BCUT2D eigenvalue weighted by Crippen LogP contribution is -2.60. The van der Waals surface area contributed by atoms with Crippen molar-refractivity contribution in [3.63, 3.8) is 0 Å². The third-order valence-electron chi connectivity index (χ3n) is 4.30. The maximum absolute atomic E-state index is 13.0. The van der Waals surface area contributed by atoms with E-state index in [4.69, 9.17) is 4.74 Å². The van der Waals surface area contributed by atoms with Crippen LogP contribution in [0.1, 0.15) is 31.1 Å². The van der Waals surface area contributed by atoms with Gasteiger partial charge in [0.2, 0.25) is 0 Å². The summed E-state index contributed by atoms with van der Waals surface area (Å²) in [5.74, 6) is 0.0245. The van der Waals surface area contributed by atoms with Gasteiger partial charge in [0, 0.05) is 10.2 Å². The molecule has 2 unspecified atom stereocenters. The predicted octanol–water partition coefficient (Wildman–Crippen LogP) is 3.80. The molecule has 0 radical (unpaired) electrons. The van der Waals surface area contributed by atoms with Crippen LogP contribution >= 0.6 is 15.9 Å². The van der Waals surface area contributed by atoms with Gasteiger partial charge in [-0.3, -0.25) is 15.0 Å². The Labute approximate surface area is 167 Å². The van der Waals surface area contributed by atoms with Crippen molar-refractivity contribution >= 4 is 33.4 Å². The summed E-state index contributed by atoms with van der Waals surface area (Å²) >= 11 is 3.39. The summed E-state index contributed by atoms with van der Waals surface area (Å²) < 4.78 is 6.46. The molecule has 2 atom stereocenters. The molecule has 3 rings (SSSR count). The zero-order valence-corrected chi connectivity index (χ0v) is 17.0. The third-order valence-corrected chi connectivity index (χ3v) is 4.79. The SMILES string of the molecule is CC(Oc1ccccc1)C(=O)NN1C(=O)c2cc(Br)ccc2NC1C(C)C. The van der Waals surface area contributed by atoms with Crippen LogP contribution in [0.5, 0.6) is 5.75 Å². The minimum absolute atomic E-state index is 0.0800. The predicted molar refractivity (Wildman–Crippen MR) is 107 cm³/mol. The molecule has 0 spiro atoms. The highest BCUT2D eigenvalue weighted by atomic mass is 79.9. The number of rotatable bonds is 5. The van der Waals surface area contributed by atoms with E-state index in [0.29, 0.717) is 11.3 Å². The van der Waals surface area contributed by atoms with Gasteiger partial charge in [-0.05, 0) is 43.2 Å². The maximum atomic E-state index is 13.0. The number of para-hydroxylation sites is 1. The van der Waals surface area contributed by atoms with Gasteiger partial charge in [-0.1, -0.05) is 48.0 Å². The number of hydrogen-bond acceptors (Lipinski definition) is 4. The topological polar surface area (TPSA) is 70.7 Å². The lowest BCUT2D eigenvalue weighted by Gasteiger charge is -2.40. The standard InChI is InChI=1S/C20H22BrN3O3/c1-12(2)18-22-17-10-9-14(21)11-16(17)20(26)24(18)23-19(25)13(3)27-15-7-5-4-6-8-15/h4-13,18,22H,1-3H3,(H,23,25). The van der Waals surface area contributed by atoms with Crippen molar-refractivity contribution in [3.8, 4) is 5.75 Å². The second kappa shape index (κ2) is 8.00. The highest BCUT2D eigenvalue weighted by Gasteiger charge is 2.36. The van der Waals surface area contributed by atoms with Gasteiger partial charge in [-0.25, -0.2) is 5.01 Å². The van der Waals surface area contributed by atoms with Crippen LogP contribution in [0.4, 0.5) is 5.69 Å². The van der Waals surface area contributed by atoms with E-state index in [9.17, 15) is 9.59 Å². The van der Waals surface area contributed by atoms with E-state index in [2.05, 4.69) is 26.7 Å². The molecule has 1 heterocycles. The first-order valence-corrected chi connectivity index (χ1v) is 9.58. The molecule has 0 saturated carbocycles. The molecule has 142 valence electrons. The van der Waals surface area contributed by atoms with Crippen LogP contribution in [0.15, 0.2) is 53.0 Å². The van der Waals surface area contributed by atoms with Gasteiger partial charge in [0.05, 0.1) is 5.56 Å². The molecule has 0 aromatic heterocycles. The summed E-state index contributed by atoms with van der Waals surface area (Å²) in [7, 11) is 0. The van der Waals surface area contributed by atoms with Gasteiger partial charge in [0.25, 0.3) is 11.8 Å². The van der Waals surface area contributed by atoms with Gasteiger partial charge in [0.15, 0.2) is 6.10 Å². The number of carbonyl (C=O) groups is 2. The Morgan fingerprint density at radius 2 is 1.89 bits per heavy atom. The van der Waals surface area contributed by atoms with Gasteiger partial charge < -0.3 is 10.1 Å². The molecule has 1 aliphatic rings. The van der Waals surface area contributed by atoms with Crippen molar-refractivity contribution in [3.05, 3.63) is 58.6 Å². The van der Waals surface area contributed by atoms with E-state index >= 15 is 0 Å². The van der Waals surface area contributed by atoms with E-state index in [0.717, 1.165) is 10.2 Å². The molecule has 1 aliphatic heterocycles. The Bertz CT molecular complexity index is 842. The van der Waals surface area contributed by atoms with E-state index in [-0.39, 0.29) is 18.0 Å². The number of anilines is 1. The van der Waals surface area contributed by atoms with Crippen LogP contribution < -0.4 is 15.5 Å². The summed E-state index contributed by atoms with van der Waals surface area (Å²) in [5.41, 5.74) is 3.97. The fourth-order valence-electron chi connectivity index (χ4n) is 2.85. The Hall–Kier alpha value is -2.54. The number of amides is 2. The number of fused-ring (bicyclic) bond motifs is 1. The van der Waals surface area contributed by atoms with Crippen molar-refractivity contribution in [2.45, 2.75) is 33.0 Å². The van der Waals surface area contributed by atoms with E-state index in [1.165, 1.54) is 5.01 Å². The summed E-state index contributed by atoms with van der Waals surface area (Å²) in [6.07, 6.45) is -1.11. The van der Waals surface area contributed by atoms with Crippen molar-refractivity contribution in [2.24, 2.45) is 5.92 Å². The Balaban J connectivity index is 1.78. The lowest BCUT2D eigenvalue weighted by atomic mass is 10.0. The van der Waals surface area contributed by atoms with E-state index in [1.807, 2.05) is 44.2 Å². The number of nitrogens with zero attached hydrogens (tertiary/aromatic N) is 1. The molecule has 0 fully saturated rings. The number of benzene rings is 2. The summed E-state index contributed by atoms with van der Waals surface area (Å²) in [6, 6.07) is 14.6. The first-order valence-electron chi connectivity index (χ1n) is 8.78. The molecular formula is C20H22BrN3O3. The molecule has 2 amide bonds. The van der Waals surface area contributed by atoms with E-state index in [1.54, 1.807) is 25.1 Å². The van der Waals surface area contributed by atoms with Crippen LogP contribution in [-0.2, 0) is 4.79 Å². The van der Waals surface area contributed by atoms with Gasteiger partial charge in [-0.2, -0.15) is 0 Å². The Morgan fingerprint density at radius 3 is 2.56 bits per heavy atom. The van der Waals surface area contributed by atoms with Crippen LogP contribution in [-0.4, -0.2) is 29.1 Å². The van der Waals surface area contributed by atoms with Crippen LogP contribution in [0.3, 0.4) is 0 Å². The minimum Gasteiger partial charge on any atom is -0.481 e. The summed E-state index contributed by atoms with van der Waals surface area (Å²) in [5, 5.41) is 4.68. The molecular weight excluding hydrogens is 410 g/mol. The molecule has 6 nitrogen and oxygen atoms in total. The molecule has 0 saturated heterocycles. The second-order valence-electron chi connectivity index (χ2n) is 6.75. The molecule has 7 heteroatoms. The quantitative estimate of drug-likeness (QED) is 0.754. The third kappa shape index (κ3) is 4.24. The van der Waals surface area contributed by atoms with Gasteiger partial charge in [-0.15, -0.1) is 0 Å². The summed E-state index contributed by atoms with van der Waals surface area (Å²) in [4.78, 5) is 25.7. The van der Waals surface area contributed by atoms with Crippen molar-refractivity contribution in [1.82, 2.24) is 10.4 Å². The van der Waals surface area contributed by atoms with Gasteiger partial charge in [0.1, 0.15) is 11.9 Å². The van der Waals surface area contributed by atoms with Crippen molar-refractivity contribution in [1.29, 1.82) is 0 Å². The average molecular weight is 432 g/mol. The highest BCUT2D eigenvalue weighted by Crippen LogP contribution is 2.29. The Kier molecular flexibility index (Phi) is 5.70. The summed E-state index contributed by atoms with van der Waals surface area (Å²) in [6.45, 7) is 5.62. The molecule has 0 bridgehead atoms. The first-order chi connectivity index (χ1) is 12.9. The number of hydrogen-bond donors (Lipinski definition) is 2. The zero-order chi connectivity index (χ0) is 19.6. The van der Waals surface area contributed by atoms with E-state index < -0.39 is 12.0 Å². The van der Waals surface area contributed by atoms with Gasteiger partial charge >= 0.3 is 0 Å². The number of ether oxygens (including phenoxy) is 1. The first kappa shape index (κ1) is 19.2. The van der Waals surface area contributed by atoms with Crippen LogP contribution in [0.25, 0.3) is 0 Å². The number of carbonyl (C=O) groups excluding carboxylic acids is 2. The van der Waals surface area contributed by atoms with Crippen LogP contribution in [0.2, 0.25) is 0 Å². The Morgan fingerprint density at radius 1 is 1.19 bits per heavy atom. The second-order valence-corrected chi connectivity index (χ2v) is 7.66. The van der Waals surface area contributed by atoms with Crippen molar-refractivity contribution < 1.29 is 14.3 Å². The number of nitrogens with one attached hydrogen (secondary N) is 2. The zero-order valence-electron chi connectivity index (χ0n) is 15.4. The lowest BCUT2D eigenvalue weighted by molar-refractivity contribution is -0.132. The molecule has 0 aliphatic carbocycles. The van der Waals surface area contributed by atoms with Crippen molar-refractivity contribution in [2.75, 3.05) is 5.32 Å². The fraction of sp³-hybridized carbons (Fsp3) is 0.300. The maximum Gasteiger partial charge on any atom is 0.279 e. The fourth-order valence-corrected chi connectivity index (χ4v) is 3.21. The molecule has 27 heavy (non-hydrogen) atoms. The number of hydrazine groups is 1. The monoisotopic (exact) mass is 431 g/mol. The highest BCUT2D eigenvalue weighted by molar-refractivity contribution is 9.10. The molecule has 2 aromatic rings. The molecule has 2 N–H and O–H groups in total. The minimum atomic E-state index is -0.753. The normalized spacial score (nSPS) is 17.1. The number of halogens is 1. The van der Waals surface area contributed by atoms with Crippen LogP contribution in [0, 0.1) is 5.92 Å².